The van der Waals surface area contributed by atoms with Crippen molar-refractivity contribution in [1.82, 2.24) is 0 Å². The Balaban J connectivity index is 0.000000526. The number of carboxylic acids is 1. The van der Waals surface area contributed by atoms with Gasteiger partial charge in [0.25, 0.3) is 0 Å². The Hall–Kier alpha value is -8.42. The average Bonchev–Trinajstić information content (AvgIpc) is 0.813. The van der Waals surface area contributed by atoms with Crippen molar-refractivity contribution in [2.45, 2.75) is 209 Å². The summed E-state index contributed by atoms with van der Waals surface area (Å²) < 4.78 is 13.4. The van der Waals surface area contributed by atoms with E-state index in [1.165, 1.54) is 54.0 Å². The SMILES string of the molecule is C/C=C/CC/C=C\CC(C/C=C\CC/C=C/C)(CC(CC(c1ccccc1)C(C)C)c1ccccc1)C(C)C.C/C=C/CC/C=C\CC(C/C=C\CC/C=C/C)(CC(CC(c1ccccc1)C(C)C)c1ccccc1)C(C)C.COC.COC.O=C(O)/C=C/c1ccccc1.O=c1ccc2ccccc2o1. The average molecular weight is 1440 g/mol. The van der Waals surface area contributed by atoms with Gasteiger partial charge in [-0.05, 0) is 235 Å². The molecule has 0 spiro atoms. The topological polar surface area (TPSA) is 86.0 Å². The first-order valence-corrected chi connectivity index (χ1v) is 39.3. The van der Waals surface area contributed by atoms with E-state index in [1.54, 1.807) is 46.6 Å². The molecule has 0 amide bonds. The van der Waals surface area contributed by atoms with Gasteiger partial charge >= 0.3 is 11.6 Å². The minimum atomic E-state index is -0.922. The molecule has 1 heterocycles. The number of aliphatic carboxylic acids is 1. The van der Waals surface area contributed by atoms with E-state index in [0.717, 1.165) is 94.1 Å². The van der Waals surface area contributed by atoms with Gasteiger partial charge in [0.05, 0.1) is 0 Å². The summed E-state index contributed by atoms with van der Waals surface area (Å²) in [7, 11) is 6.50. The molecular weight excluding hydrogens is 1300 g/mol. The normalized spacial score (nSPS) is 13.2. The molecule has 0 aliphatic carbocycles. The standard InChI is InChI=1S/2C39H56.C9H6O2.C9H8O2.2C2H6O/c2*1-7-9-11-13-15-23-29-39(34(5)6,30-24-16-14-12-10-8-2)32-37(35-25-19-17-20-26-35)31-38(33(3)4)36-27-21-18-22-28-36;10-9-6-5-7-3-1-2-4-8(7)11-9;10-9(11)7-6-8-4-2-1-3-5-8;2*1-3-2/h2*7-10,15-28,33-34,37-38H,11-14,29-32H2,1-6H3;1-6H;1-7H,(H,10,11);2*1-2H3/b2*9-7+,10-8+,23-15-,24-16-;;7-6+;;. The number of methoxy groups -OCH3 is 2. The molecule has 6 aromatic carbocycles. The molecule has 574 valence electrons. The second-order valence-corrected chi connectivity index (χ2v) is 29.1. The highest BCUT2D eigenvalue weighted by Gasteiger charge is 2.38. The fourth-order valence-corrected chi connectivity index (χ4v) is 13.5. The van der Waals surface area contributed by atoms with E-state index in [4.69, 9.17) is 9.52 Å². The molecule has 0 saturated heterocycles. The third-order valence-electron chi connectivity index (χ3n) is 19.9. The number of allylic oxidation sites excluding steroid dienone is 16. The van der Waals surface area contributed by atoms with Crippen LogP contribution in [0.25, 0.3) is 17.0 Å². The maximum absolute atomic E-state index is 10.7. The molecule has 0 fully saturated rings. The lowest BCUT2D eigenvalue weighted by molar-refractivity contribution is -0.131. The summed E-state index contributed by atoms with van der Waals surface area (Å²) in [5, 5.41) is 9.24. The Bertz CT molecular complexity index is 3390. The Labute approximate surface area is 645 Å². The summed E-state index contributed by atoms with van der Waals surface area (Å²) in [6, 6.07) is 65.1. The first-order valence-electron chi connectivity index (χ1n) is 39.3. The highest BCUT2D eigenvalue weighted by molar-refractivity contribution is 5.85. The first-order chi connectivity index (χ1) is 51.3. The molecule has 0 aliphatic rings. The van der Waals surface area contributed by atoms with E-state index in [1.807, 2.05) is 48.5 Å². The van der Waals surface area contributed by atoms with Gasteiger partial charge in [-0.2, -0.15) is 0 Å². The molecule has 6 heteroatoms. The maximum Gasteiger partial charge on any atom is 0.336 e. The summed E-state index contributed by atoms with van der Waals surface area (Å²) >= 11 is 0. The smallest absolute Gasteiger partial charge is 0.336 e. The Morgan fingerprint density at radius 2 is 0.679 bits per heavy atom. The number of hydrogen-bond donors (Lipinski definition) is 1. The first kappa shape index (κ1) is 93.7. The van der Waals surface area contributed by atoms with Crippen molar-refractivity contribution < 1.29 is 23.8 Å². The molecule has 1 aromatic heterocycles. The van der Waals surface area contributed by atoms with Crippen molar-refractivity contribution in [3.8, 4) is 0 Å². The van der Waals surface area contributed by atoms with E-state index in [0.29, 0.717) is 52.9 Å². The van der Waals surface area contributed by atoms with Gasteiger partial charge in [0.15, 0.2) is 0 Å². The van der Waals surface area contributed by atoms with Crippen molar-refractivity contribution in [3.63, 3.8) is 0 Å². The molecule has 0 radical (unpaired) electrons. The van der Waals surface area contributed by atoms with E-state index < -0.39 is 5.97 Å². The molecule has 0 saturated carbocycles. The van der Waals surface area contributed by atoms with Crippen LogP contribution in [-0.4, -0.2) is 39.5 Å². The Morgan fingerprint density at radius 1 is 0.387 bits per heavy atom. The summed E-state index contributed by atoms with van der Waals surface area (Å²) in [5.41, 5.74) is 7.66. The summed E-state index contributed by atoms with van der Waals surface area (Å²) in [6.07, 6.45) is 58.5. The highest BCUT2D eigenvalue weighted by atomic mass is 16.5. The molecule has 6 nitrogen and oxygen atoms in total. The van der Waals surface area contributed by atoms with Crippen molar-refractivity contribution in [1.29, 1.82) is 0 Å². The number of carbonyl (C=O) groups is 1. The molecule has 1 N–H and O–H groups in total. The second-order valence-electron chi connectivity index (χ2n) is 29.1. The highest BCUT2D eigenvalue weighted by Crippen LogP contribution is 2.50. The van der Waals surface area contributed by atoms with Gasteiger partial charge in [-0.15, -0.1) is 0 Å². The zero-order valence-electron chi connectivity index (χ0n) is 68.2. The summed E-state index contributed by atoms with van der Waals surface area (Å²) in [6.45, 7) is 27.9. The largest absolute Gasteiger partial charge is 0.478 e. The quantitative estimate of drug-likeness (QED) is 0.0180. The van der Waals surface area contributed by atoms with Crippen molar-refractivity contribution in [2.24, 2.45) is 34.5 Å². The van der Waals surface area contributed by atoms with Crippen LogP contribution in [-0.2, 0) is 14.3 Å². The van der Waals surface area contributed by atoms with Crippen molar-refractivity contribution in [2.75, 3.05) is 28.4 Å². The van der Waals surface area contributed by atoms with E-state index >= 15 is 0 Å². The van der Waals surface area contributed by atoms with Gasteiger partial charge in [0.2, 0.25) is 0 Å². The predicted molar refractivity (Wildman–Crippen MR) is 462 cm³/mol. The zero-order valence-corrected chi connectivity index (χ0v) is 68.2. The molecule has 0 bridgehead atoms. The molecule has 106 heavy (non-hydrogen) atoms. The summed E-state index contributed by atoms with van der Waals surface area (Å²) in [4.78, 5) is 20.8. The Kier molecular flexibility index (Phi) is 51.9. The van der Waals surface area contributed by atoms with Crippen LogP contribution >= 0.6 is 0 Å². The number of ether oxygens (including phenoxy) is 2. The number of para-hydroxylation sites is 1. The molecule has 0 aliphatic heterocycles. The van der Waals surface area contributed by atoms with E-state index in [2.05, 4.69) is 311 Å². The lowest BCUT2D eigenvalue weighted by Crippen LogP contribution is -2.30. The van der Waals surface area contributed by atoms with E-state index in [9.17, 15) is 9.59 Å². The maximum atomic E-state index is 10.7. The number of carboxylic acid groups (broad SMARTS) is 1. The van der Waals surface area contributed by atoms with Gasteiger partial charge in [0.1, 0.15) is 5.58 Å². The van der Waals surface area contributed by atoms with Crippen LogP contribution in [0.2, 0.25) is 0 Å². The number of fused-ring (bicyclic) bond motifs is 1. The van der Waals surface area contributed by atoms with Crippen LogP contribution in [0.5, 0.6) is 0 Å². The monoisotopic (exact) mass is 1440 g/mol. The van der Waals surface area contributed by atoms with Gasteiger partial charge in [-0.25, -0.2) is 9.59 Å². The molecule has 4 unspecified atom stereocenters. The number of unbranched alkanes of at least 4 members (excludes halogenated alkanes) is 4. The third-order valence-corrected chi connectivity index (χ3v) is 19.9. The number of benzene rings is 6. The zero-order chi connectivity index (χ0) is 77.9. The summed E-state index contributed by atoms with van der Waals surface area (Å²) in [5.74, 6) is 3.62. The predicted octanol–water partition coefficient (Wildman–Crippen LogP) is 28.6. The van der Waals surface area contributed by atoms with Gasteiger partial charge in [-0.1, -0.05) is 322 Å². The molecule has 4 atom stereocenters. The minimum Gasteiger partial charge on any atom is -0.478 e. The fourth-order valence-electron chi connectivity index (χ4n) is 13.5. The molecule has 7 aromatic rings. The van der Waals surface area contributed by atoms with Gasteiger partial charge < -0.3 is 19.0 Å². The lowest BCUT2D eigenvalue weighted by atomic mass is 9.64. The fraction of sp³-hybridized carbons (Fsp3) is 0.420. The third kappa shape index (κ3) is 39.8. The van der Waals surface area contributed by atoms with Crippen LogP contribution in [0, 0.1) is 34.5 Å². The van der Waals surface area contributed by atoms with Gasteiger partial charge in [0, 0.05) is 46.0 Å². The Morgan fingerprint density at radius 3 is 0.981 bits per heavy atom. The van der Waals surface area contributed by atoms with Crippen molar-refractivity contribution >= 4 is 23.0 Å². The van der Waals surface area contributed by atoms with Crippen LogP contribution in [0.4, 0.5) is 0 Å². The second kappa shape index (κ2) is 58.7. The van der Waals surface area contributed by atoms with Crippen LogP contribution in [0.1, 0.15) is 237 Å². The van der Waals surface area contributed by atoms with E-state index in [-0.39, 0.29) is 16.5 Å². The lowest BCUT2D eigenvalue weighted by Gasteiger charge is -2.41. The molecular formula is C100H138O6. The van der Waals surface area contributed by atoms with Crippen LogP contribution < -0.4 is 5.63 Å². The van der Waals surface area contributed by atoms with Crippen molar-refractivity contribution in [3.05, 3.63) is 330 Å². The van der Waals surface area contributed by atoms with Crippen LogP contribution in [0.15, 0.2) is 301 Å². The number of rotatable bonds is 38. The molecule has 7 rings (SSSR count). The van der Waals surface area contributed by atoms with Gasteiger partial charge in [-0.3, -0.25) is 0 Å². The minimum absolute atomic E-state index is 0.229. The number of hydrogen-bond acceptors (Lipinski definition) is 5. The van der Waals surface area contributed by atoms with Crippen LogP contribution in [0.3, 0.4) is 0 Å².